The number of amides is 1. The van der Waals surface area contributed by atoms with Crippen LogP contribution >= 0.6 is 34.5 Å². The number of thiazole rings is 1. The third-order valence-electron chi connectivity index (χ3n) is 2.74. The molecule has 0 radical (unpaired) electrons. The van der Waals surface area contributed by atoms with Crippen molar-refractivity contribution in [3.05, 3.63) is 49.0 Å². The van der Waals surface area contributed by atoms with E-state index in [0.29, 0.717) is 22.3 Å². The third-order valence-corrected chi connectivity index (χ3v) is 4.19. The van der Waals surface area contributed by atoms with E-state index in [1.807, 2.05) is 6.92 Å². The van der Waals surface area contributed by atoms with E-state index in [0.717, 1.165) is 17.0 Å². The molecule has 7 heteroatoms. The van der Waals surface area contributed by atoms with Gasteiger partial charge in [0.1, 0.15) is 0 Å². The highest BCUT2D eigenvalue weighted by molar-refractivity contribution is 7.07. The highest BCUT2D eigenvalue weighted by Crippen LogP contribution is 2.25. The predicted octanol–water partition coefficient (Wildman–Crippen LogP) is 3.55. The van der Waals surface area contributed by atoms with E-state index >= 15 is 0 Å². The van der Waals surface area contributed by atoms with Crippen molar-refractivity contribution in [2.45, 2.75) is 19.9 Å². The molecule has 0 saturated heterocycles. The summed E-state index contributed by atoms with van der Waals surface area (Å²) < 4.78 is 1.57. The number of halogens is 2. The average molecular weight is 331 g/mol. The van der Waals surface area contributed by atoms with E-state index in [-0.39, 0.29) is 17.2 Å². The van der Waals surface area contributed by atoms with Crippen LogP contribution in [-0.4, -0.2) is 10.5 Å². The second-order valence-corrected chi connectivity index (χ2v) is 5.88. The summed E-state index contributed by atoms with van der Waals surface area (Å²) in [5.74, 6) is -0.216. The van der Waals surface area contributed by atoms with E-state index in [1.54, 1.807) is 28.1 Å². The van der Waals surface area contributed by atoms with Crippen LogP contribution < -0.4 is 10.2 Å². The standard InChI is InChI=1S/C13H12Cl2N2O2S/c1-8-7-20-13(19)17(8)5-4-12(18)16-11-6-9(14)2-3-10(11)15/h2-3,6-7H,4-5H2,1H3,(H,16,18). The molecule has 106 valence electrons. The van der Waals surface area contributed by atoms with Crippen LogP contribution in [0.15, 0.2) is 28.4 Å². The van der Waals surface area contributed by atoms with Gasteiger partial charge in [-0.15, -0.1) is 0 Å². The molecule has 0 aliphatic carbocycles. The fourth-order valence-electron chi connectivity index (χ4n) is 1.69. The molecule has 1 heterocycles. The number of hydrogen-bond acceptors (Lipinski definition) is 3. The van der Waals surface area contributed by atoms with Crippen LogP contribution in [0.2, 0.25) is 10.0 Å². The first-order valence-electron chi connectivity index (χ1n) is 5.87. The van der Waals surface area contributed by atoms with Crippen molar-refractivity contribution < 1.29 is 4.79 Å². The summed E-state index contributed by atoms with van der Waals surface area (Å²) in [5.41, 5.74) is 1.33. The molecule has 0 fully saturated rings. The molecule has 20 heavy (non-hydrogen) atoms. The number of aryl methyl sites for hydroxylation is 1. The second-order valence-electron chi connectivity index (χ2n) is 4.22. The van der Waals surface area contributed by atoms with Gasteiger partial charge < -0.3 is 9.88 Å². The Morgan fingerprint density at radius 1 is 1.40 bits per heavy atom. The lowest BCUT2D eigenvalue weighted by Crippen LogP contribution is -2.20. The van der Waals surface area contributed by atoms with Crippen molar-refractivity contribution in [1.29, 1.82) is 0 Å². The molecule has 0 aliphatic rings. The monoisotopic (exact) mass is 330 g/mol. The van der Waals surface area contributed by atoms with Gasteiger partial charge in [-0.3, -0.25) is 9.59 Å². The summed E-state index contributed by atoms with van der Waals surface area (Å²) in [6.45, 7) is 2.18. The van der Waals surface area contributed by atoms with E-state index in [1.165, 1.54) is 0 Å². The van der Waals surface area contributed by atoms with Crippen molar-refractivity contribution in [3.8, 4) is 0 Å². The van der Waals surface area contributed by atoms with Gasteiger partial charge in [0.25, 0.3) is 0 Å². The van der Waals surface area contributed by atoms with Gasteiger partial charge in [-0.25, -0.2) is 0 Å². The van der Waals surface area contributed by atoms with Gasteiger partial charge in [-0.2, -0.15) is 0 Å². The Balaban J connectivity index is 2.00. The number of carbonyl (C=O) groups excluding carboxylic acids is 1. The van der Waals surface area contributed by atoms with Gasteiger partial charge in [0.2, 0.25) is 5.91 Å². The van der Waals surface area contributed by atoms with Gasteiger partial charge in [-0.05, 0) is 25.1 Å². The minimum atomic E-state index is -0.216. The molecule has 1 aromatic carbocycles. The molecule has 1 amide bonds. The molecular weight excluding hydrogens is 319 g/mol. The number of benzene rings is 1. The van der Waals surface area contributed by atoms with Gasteiger partial charge in [-0.1, -0.05) is 34.5 Å². The van der Waals surface area contributed by atoms with Crippen LogP contribution in [0.3, 0.4) is 0 Å². The van der Waals surface area contributed by atoms with Crippen LogP contribution in [0.25, 0.3) is 0 Å². The number of hydrogen-bond donors (Lipinski definition) is 1. The molecular formula is C13H12Cl2N2O2S. The van der Waals surface area contributed by atoms with E-state index in [9.17, 15) is 9.59 Å². The maximum Gasteiger partial charge on any atom is 0.307 e. The first kappa shape index (κ1) is 15.1. The van der Waals surface area contributed by atoms with Crippen LogP contribution in [0, 0.1) is 6.92 Å². The minimum Gasteiger partial charge on any atom is -0.325 e. The maximum absolute atomic E-state index is 11.9. The molecule has 0 saturated carbocycles. The lowest BCUT2D eigenvalue weighted by molar-refractivity contribution is -0.116. The van der Waals surface area contributed by atoms with Crippen LogP contribution in [-0.2, 0) is 11.3 Å². The zero-order chi connectivity index (χ0) is 14.7. The summed E-state index contributed by atoms with van der Waals surface area (Å²) in [4.78, 5) is 23.3. The fraction of sp³-hybridized carbons (Fsp3) is 0.231. The first-order chi connectivity index (χ1) is 9.47. The zero-order valence-electron chi connectivity index (χ0n) is 10.7. The number of rotatable bonds is 4. The molecule has 2 aromatic rings. The van der Waals surface area contributed by atoms with E-state index < -0.39 is 0 Å². The molecule has 0 spiro atoms. The topological polar surface area (TPSA) is 51.1 Å². The van der Waals surface area contributed by atoms with Crippen molar-refractivity contribution >= 4 is 46.1 Å². The summed E-state index contributed by atoms with van der Waals surface area (Å²) in [5, 5.41) is 5.37. The quantitative estimate of drug-likeness (QED) is 0.931. The Labute approximate surface area is 129 Å². The highest BCUT2D eigenvalue weighted by atomic mass is 35.5. The van der Waals surface area contributed by atoms with Crippen LogP contribution in [0.1, 0.15) is 12.1 Å². The molecule has 0 bridgehead atoms. The molecule has 1 N–H and O–H groups in total. The number of anilines is 1. The molecule has 1 aromatic heterocycles. The summed E-state index contributed by atoms with van der Waals surface area (Å²) in [6, 6.07) is 4.85. The molecule has 2 rings (SSSR count). The normalized spacial score (nSPS) is 10.6. The van der Waals surface area contributed by atoms with Crippen LogP contribution in [0.4, 0.5) is 5.69 Å². The maximum atomic E-state index is 11.9. The molecule has 0 unspecified atom stereocenters. The average Bonchev–Trinajstić information content (AvgIpc) is 2.71. The molecule has 0 atom stereocenters. The second kappa shape index (κ2) is 6.43. The smallest absolute Gasteiger partial charge is 0.307 e. The summed E-state index contributed by atoms with van der Waals surface area (Å²) in [6.07, 6.45) is 0.195. The van der Waals surface area contributed by atoms with Crippen LogP contribution in [0.5, 0.6) is 0 Å². The molecule has 4 nitrogen and oxygen atoms in total. The van der Waals surface area contributed by atoms with Crippen molar-refractivity contribution in [3.63, 3.8) is 0 Å². The summed E-state index contributed by atoms with van der Waals surface area (Å²) >= 11 is 12.9. The number of nitrogens with zero attached hydrogens (tertiary/aromatic N) is 1. The number of nitrogens with one attached hydrogen (secondary N) is 1. The summed E-state index contributed by atoms with van der Waals surface area (Å²) in [7, 11) is 0. The lowest BCUT2D eigenvalue weighted by atomic mass is 10.3. The largest absolute Gasteiger partial charge is 0.325 e. The Kier molecular flexibility index (Phi) is 4.86. The van der Waals surface area contributed by atoms with Gasteiger partial charge in [0.05, 0.1) is 10.7 Å². The van der Waals surface area contributed by atoms with Gasteiger partial charge in [0.15, 0.2) is 0 Å². The Morgan fingerprint density at radius 3 is 2.80 bits per heavy atom. The third kappa shape index (κ3) is 3.62. The van der Waals surface area contributed by atoms with E-state index in [2.05, 4.69) is 5.32 Å². The Hall–Kier alpha value is -1.30. The number of aromatic nitrogens is 1. The fourth-order valence-corrected chi connectivity index (χ4v) is 2.79. The minimum absolute atomic E-state index is 0.0592. The first-order valence-corrected chi connectivity index (χ1v) is 7.51. The van der Waals surface area contributed by atoms with E-state index in [4.69, 9.17) is 23.2 Å². The Morgan fingerprint density at radius 2 is 2.15 bits per heavy atom. The lowest BCUT2D eigenvalue weighted by Gasteiger charge is -2.08. The highest BCUT2D eigenvalue weighted by Gasteiger charge is 2.09. The SMILES string of the molecule is Cc1csc(=O)n1CCC(=O)Nc1cc(Cl)ccc1Cl. The van der Waals surface area contributed by atoms with Gasteiger partial charge >= 0.3 is 4.87 Å². The van der Waals surface area contributed by atoms with Crippen molar-refractivity contribution in [2.24, 2.45) is 0 Å². The Bertz CT molecular complexity index is 694. The molecule has 0 aliphatic heterocycles. The predicted molar refractivity (Wildman–Crippen MR) is 83.0 cm³/mol. The van der Waals surface area contributed by atoms with Gasteiger partial charge in [0, 0.05) is 29.1 Å². The number of carbonyl (C=O) groups is 1. The zero-order valence-corrected chi connectivity index (χ0v) is 13.0. The van der Waals surface area contributed by atoms with Crippen molar-refractivity contribution in [1.82, 2.24) is 4.57 Å². The van der Waals surface area contributed by atoms with Crippen molar-refractivity contribution in [2.75, 3.05) is 5.32 Å².